The number of hydrogen-bond donors (Lipinski definition) is 0. The van der Waals surface area contributed by atoms with Gasteiger partial charge in [0.1, 0.15) is 11.6 Å². The van der Waals surface area contributed by atoms with Crippen LogP contribution < -0.4 is 0 Å². The lowest BCUT2D eigenvalue weighted by molar-refractivity contribution is -0.123. The topological polar surface area (TPSA) is 44.1 Å². The maximum atomic E-state index is 14.1. The first-order valence-corrected chi connectivity index (χ1v) is 10.7. The molecule has 0 radical (unpaired) electrons. The van der Waals surface area contributed by atoms with Crippen molar-refractivity contribution in [3.63, 3.8) is 0 Å². The fourth-order valence-corrected chi connectivity index (χ4v) is 4.31. The first kappa shape index (κ1) is 21.0. The molecule has 31 heavy (non-hydrogen) atoms. The highest BCUT2D eigenvalue weighted by Crippen LogP contribution is 2.26. The molecule has 0 bridgehead atoms. The first-order valence-electron chi connectivity index (χ1n) is 10.7. The van der Waals surface area contributed by atoms with Crippen molar-refractivity contribution in [2.45, 2.75) is 25.8 Å². The molecule has 3 nitrogen and oxygen atoms in total. The summed E-state index contributed by atoms with van der Waals surface area (Å²) < 4.78 is 14.1. The number of likely N-dealkylation sites (tertiary alicyclic amines) is 1. The zero-order valence-electron chi connectivity index (χ0n) is 17.4. The standard InChI is InChI=1S/C27H25FN2O/c28-26-11-4-3-10-25(26)22-9-5-6-20(16-22)17-27(31)21-12-14-30(15-13-21)19-24-8-2-1-7-23(24)18-29/h1-11,16,21H,12-15,17,19H2. The number of Topliss-reactive ketones (excluding diaryl/α,β-unsaturated/α-hetero) is 1. The summed E-state index contributed by atoms with van der Waals surface area (Å²) in [6.45, 7) is 2.45. The van der Waals surface area contributed by atoms with Gasteiger partial charge in [-0.25, -0.2) is 4.39 Å². The minimum atomic E-state index is -0.253. The van der Waals surface area contributed by atoms with Crippen molar-refractivity contribution in [3.8, 4) is 17.2 Å². The van der Waals surface area contributed by atoms with Crippen molar-refractivity contribution in [3.05, 3.63) is 95.3 Å². The van der Waals surface area contributed by atoms with E-state index in [-0.39, 0.29) is 17.5 Å². The van der Waals surface area contributed by atoms with Crippen molar-refractivity contribution < 1.29 is 9.18 Å². The maximum absolute atomic E-state index is 14.1. The molecule has 0 N–H and O–H groups in total. The number of hydrogen-bond acceptors (Lipinski definition) is 3. The minimum Gasteiger partial charge on any atom is -0.299 e. The van der Waals surface area contributed by atoms with E-state index in [1.165, 1.54) is 6.07 Å². The quantitative estimate of drug-likeness (QED) is 0.545. The van der Waals surface area contributed by atoms with Gasteiger partial charge in [-0.1, -0.05) is 60.7 Å². The van der Waals surface area contributed by atoms with Gasteiger partial charge in [-0.3, -0.25) is 9.69 Å². The zero-order chi connectivity index (χ0) is 21.6. The van der Waals surface area contributed by atoms with E-state index in [1.807, 2.05) is 54.6 Å². The Kier molecular flexibility index (Phi) is 6.54. The van der Waals surface area contributed by atoms with Crippen LogP contribution in [0.15, 0.2) is 72.8 Å². The summed E-state index contributed by atoms with van der Waals surface area (Å²) in [6.07, 6.45) is 2.05. The normalized spacial score (nSPS) is 14.8. The second-order valence-electron chi connectivity index (χ2n) is 8.14. The predicted molar refractivity (Wildman–Crippen MR) is 120 cm³/mol. The van der Waals surface area contributed by atoms with Crippen LogP contribution in [0.5, 0.6) is 0 Å². The second kappa shape index (κ2) is 9.68. The number of ketones is 1. The van der Waals surface area contributed by atoms with Crippen molar-refractivity contribution in [2.24, 2.45) is 5.92 Å². The summed E-state index contributed by atoms with van der Waals surface area (Å²) in [6, 6.07) is 24.3. The summed E-state index contributed by atoms with van der Waals surface area (Å²) in [4.78, 5) is 15.2. The molecule has 0 saturated carbocycles. The van der Waals surface area contributed by atoms with Crippen molar-refractivity contribution in [2.75, 3.05) is 13.1 Å². The average Bonchev–Trinajstić information content (AvgIpc) is 2.80. The number of rotatable bonds is 6. The summed E-state index contributed by atoms with van der Waals surface area (Å²) >= 11 is 0. The summed E-state index contributed by atoms with van der Waals surface area (Å²) in [7, 11) is 0. The van der Waals surface area contributed by atoms with E-state index in [1.54, 1.807) is 12.1 Å². The van der Waals surface area contributed by atoms with Gasteiger partial charge in [0, 0.05) is 24.4 Å². The second-order valence-corrected chi connectivity index (χ2v) is 8.14. The third-order valence-corrected chi connectivity index (χ3v) is 6.06. The molecule has 1 fully saturated rings. The van der Waals surface area contributed by atoms with Crippen LogP contribution >= 0.6 is 0 Å². The van der Waals surface area contributed by atoms with E-state index >= 15 is 0 Å². The molecule has 0 aromatic heterocycles. The van der Waals surface area contributed by atoms with E-state index in [0.29, 0.717) is 12.0 Å². The largest absolute Gasteiger partial charge is 0.299 e. The zero-order valence-corrected chi connectivity index (χ0v) is 17.4. The average molecular weight is 413 g/mol. The Morgan fingerprint density at radius 3 is 2.52 bits per heavy atom. The minimum absolute atomic E-state index is 0.0552. The number of benzene rings is 3. The smallest absolute Gasteiger partial charge is 0.140 e. The molecule has 156 valence electrons. The van der Waals surface area contributed by atoms with Gasteiger partial charge in [-0.05, 0) is 54.8 Å². The maximum Gasteiger partial charge on any atom is 0.140 e. The van der Waals surface area contributed by atoms with E-state index < -0.39 is 0 Å². The molecule has 0 unspecified atom stereocenters. The SMILES string of the molecule is N#Cc1ccccc1CN1CCC(C(=O)Cc2cccc(-c3ccccc3F)c2)CC1. The lowest BCUT2D eigenvalue weighted by Crippen LogP contribution is -2.36. The van der Waals surface area contributed by atoms with Gasteiger partial charge < -0.3 is 0 Å². The number of piperidine rings is 1. The van der Waals surface area contributed by atoms with Gasteiger partial charge in [0.2, 0.25) is 0 Å². The number of carbonyl (C=O) groups is 1. The van der Waals surface area contributed by atoms with Crippen LogP contribution in [0.3, 0.4) is 0 Å². The van der Waals surface area contributed by atoms with Crippen molar-refractivity contribution >= 4 is 5.78 Å². The highest BCUT2D eigenvalue weighted by molar-refractivity contribution is 5.83. The molecule has 0 spiro atoms. The molecular weight excluding hydrogens is 387 g/mol. The molecule has 4 heteroatoms. The summed E-state index contributed by atoms with van der Waals surface area (Å²) in [5.41, 5.74) is 4.04. The van der Waals surface area contributed by atoms with Crippen LogP contribution in [0.4, 0.5) is 4.39 Å². The lowest BCUT2D eigenvalue weighted by atomic mass is 9.88. The fourth-order valence-electron chi connectivity index (χ4n) is 4.31. The van der Waals surface area contributed by atoms with Crippen LogP contribution in [-0.2, 0) is 17.8 Å². The molecule has 1 aliphatic rings. The van der Waals surface area contributed by atoms with Crippen molar-refractivity contribution in [1.29, 1.82) is 5.26 Å². The highest BCUT2D eigenvalue weighted by atomic mass is 19.1. The van der Waals surface area contributed by atoms with Gasteiger partial charge in [-0.2, -0.15) is 5.26 Å². The molecule has 3 aromatic rings. The van der Waals surface area contributed by atoms with Crippen LogP contribution in [0.25, 0.3) is 11.1 Å². The van der Waals surface area contributed by atoms with Gasteiger partial charge in [0.25, 0.3) is 0 Å². The number of carbonyl (C=O) groups excluding carboxylic acids is 1. The third-order valence-electron chi connectivity index (χ3n) is 6.06. The monoisotopic (exact) mass is 412 g/mol. The Balaban J connectivity index is 1.35. The van der Waals surface area contributed by atoms with E-state index in [2.05, 4.69) is 11.0 Å². The Hall–Kier alpha value is -3.29. The summed E-state index contributed by atoms with van der Waals surface area (Å²) in [5.74, 6) is 0.0543. The Morgan fingerprint density at radius 2 is 1.74 bits per heavy atom. The Labute approximate surface area is 182 Å². The highest BCUT2D eigenvalue weighted by Gasteiger charge is 2.25. The van der Waals surface area contributed by atoms with Gasteiger partial charge in [-0.15, -0.1) is 0 Å². The van der Waals surface area contributed by atoms with Crippen LogP contribution in [-0.4, -0.2) is 23.8 Å². The number of nitriles is 1. The molecule has 3 aromatic carbocycles. The van der Waals surface area contributed by atoms with E-state index in [0.717, 1.165) is 54.7 Å². The molecule has 4 rings (SSSR count). The van der Waals surface area contributed by atoms with E-state index in [9.17, 15) is 14.4 Å². The Bertz CT molecular complexity index is 1110. The van der Waals surface area contributed by atoms with Crippen LogP contribution in [0, 0.1) is 23.1 Å². The third kappa shape index (κ3) is 5.07. The number of nitrogens with zero attached hydrogens (tertiary/aromatic N) is 2. The predicted octanol–water partition coefficient (Wildman–Crippen LogP) is 5.39. The lowest BCUT2D eigenvalue weighted by Gasteiger charge is -2.31. The fraction of sp³-hybridized carbons (Fsp3) is 0.259. The molecular formula is C27H25FN2O. The van der Waals surface area contributed by atoms with Gasteiger partial charge >= 0.3 is 0 Å². The molecule has 0 amide bonds. The Morgan fingerprint density at radius 1 is 1.00 bits per heavy atom. The molecule has 1 aliphatic heterocycles. The first-order chi connectivity index (χ1) is 15.1. The molecule has 0 atom stereocenters. The number of halogens is 1. The van der Waals surface area contributed by atoms with Crippen LogP contribution in [0.2, 0.25) is 0 Å². The summed E-state index contributed by atoms with van der Waals surface area (Å²) in [5, 5.41) is 9.28. The molecule has 0 aliphatic carbocycles. The molecule has 1 heterocycles. The van der Waals surface area contributed by atoms with Crippen LogP contribution in [0.1, 0.15) is 29.5 Å². The van der Waals surface area contributed by atoms with Crippen molar-refractivity contribution in [1.82, 2.24) is 4.90 Å². The van der Waals surface area contributed by atoms with Gasteiger partial charge in [0.05, 0.1) is 11.6 Å². The van der Waals surface area contributed by atoms with Gasteiger partial charge in [0.15, 0.2) is 0 Å². The molecule has 1 saturated heterocycles. The van der Waals surface area contributed by atoms with E-state index in [4.69, 9.17) is 0 Å².